The van der Waals surface area contributed by atoms with Crippen LogP contribution in [-0.4, -0.2) is 27.3 Å². The average molecular weight is 421 g/mol. The summed E-state index contributed by atoms with van der Waals surface area (Å²) < 4.78 is 0. The molecule has 1 rings (SSSR count). The van der Waals surface area contributed by atoms with E-state index < -0.39 is 22.8 Å². The van der Waals surface area contributed by atoms with Crippen molar-refractivity contribution in [3.63, 3.8) is 0 Å². The predicted octanol–water partition coefficient (Wildman–Crippen LogP) is 6.21. The summed E-state index contributed by atoms with van der Waals surface area (Å²) in [5, 5.41) is 28.6. The Balaban J connectivity index is 2.27. The number of aliphatic carboxylic acids is 2. The van der Waals surface area contributed by atoms with Gasteiger partial charge in [-0.25, -0.2) is 0 Å². The van der Waals surface area contributed by atoms with Gasteiger partial charge in [-0.2, -0.15) is 0 Å². The highest BCUT2D eigenvalue weighted by atomic mass is 16.4. The number of unbranched alkanes of at least 4 members (excludes halogenated alkanes) is 5. The van der Waals surface area contributed by atoms with Crippen molar-refractivity contribution in [2.75, 3.05) is 0 Å². The fraction of sp³-hybridized carbons (Fsp3) is 0.680. The zero-order valence-electron chi connectivity index (χ0n) is 19.2. The lowest BCUT2D eigenvalue weighted by atomic mass is 9.87. The number of phenolic OH excluding ortho intramolecular Hbond substituents is 1. The van der Waals surface area contributed by atoms with Crippen LogP contribution in [-0.2, 0) is 22.4 Å². The van der Waals surface area contributed by atoms with E-state index in [1.54, 1.807) is 27.7 Å². The summed E-state index contributed by atoms with van der Waals surface area (Å²) >= 11 is 0. The Labute approximate surface area is 181 Å². The molecule has 0 radical (unpaired) electrons. The second-order valence-corrected chi connectivity index (χ2v) is 9.82. The van der Waals surface area contributed by atoms with Crippen molar-refractivity contribution in [2.24, 2.45) is 10.8 Å². The number of rotatable bonds is 15. The number of aryl methyl sites for hydroxylation is 2. The van der Waals surface area contributed by atoms with E-state index in [9.17, 15) is 14.7 Å². The van der Waals surface area contributed by atoms with E-state index in [2.05, 4.69) is 6.07 Å². The lowest BCUT2D eigenvalue weighted by molar-refractivity contribution is -0.148. The lowest BCUT2D eigenvalue weighted by Crippen LogP contribution is -2.23. The summed E-state index contributed by atoms with van der Waals surface area (Å²) in [6.07, 6.45) is 9.91. The highest BCUT2D eigenvalue weighted by Gasteiger charge is 2.26. The molecular formula is C25H40O5. The third kappa shape index (κ3) is 9.19. The third-order valence-electron chi connectivity index (χ3n) is 6.07. The van der Waals surface area contributed by atoms with Gasteiger partial charge < -0.3 is 15.3 Å². The molecule has 1 aromatic carbocycles. The summed E-state index contributed by atoms with van der Waals surface area (Å²) in [7, 11) is 0. The molecule has 0 spiro atoms. The van der Waals surface area contributed by atoms with E-state index >= 15 is 0 Å². The Morgan fingerprint density at radius 2 is 1.20 bits per heavy atom. The summed E-state index contributed by atoms with van der Waals surface area (Å²) in [5.41, 5.74) is 0.766. The molecule has 0 aliphatic rings. The van der Waals surface area contributed by atoms with Gasteiger partial charge in [-0.15, -0.1) is 0 Å². The fourth-order valence-corrected chi connectivity index (χ4v) is 3.50. The molecule has 0 saturated heterocycles. The smallest absolute Gasteiger partial charge is 0.309 e. The van der Waals surface area contributed by atoms with E-state index in [-0.39, 0.29) is 0 Å². The van der Waals surface area contributed by atoms with Gasteiger partial charge in [-0.05, 0) is 83.4 Å². The molecule has 0 aliphatic heterocycles. The lowest BCUT2D eigenvalue weighted by Gasteiger charge is -2.18. The van der Waals surface area contributed by atoms with Crippen molar-refractivity contribution in [3.05, 3.63) is 29.3 Å². The topological polar surface area (TPSA) is 94.8 Å². The first-order valence-corrected chi connectivity index (χ1v) is 11.2. The van der Waals surface area contributed by atoms with Gasteiger partial charge in [0.25, 0.3) is 0 Å². The Kier molecular flexibility index (Phi) is 10.4. The first-order valence-electron chi connectivity index (χ1n) is 11.2. The summed E-state index contributed by atoms with van der Waals surface area (Å²) in [6, 6.07) is 5.94. The average Bonchev–Trinajstić information content (AvgIpc) is 2.65. The van der Waals surface area contributed by atoms with Gasteiger partial charge in [0.1, 0.15) is 5.75 Å². The molecule has 30 heavy (non-hydrogen) atoms. The first-order chi connectivity index (χ1) is 14.0. The molecule has 0 heterocycles. The normalized spacial score (nSPS) is 12.1. The minimum absolute atomic E-state index is 0.349. The number of hydrogen-bond acceptors (Lipinski definition) is 3. The number of aromatic hydroxyl groups is 1. The maximum Gasteiger partial charge on any atom is 0.309 e. The minimum atomic E-state index is -0.750. The molecule has 0 amide bonds. The number of phenols is 1. The highest BCUT2D eigenvalue weighted by Crippen LogP contribution is 2.27. The van der Waals surface area contributed by atoms with Crippen molar-refractivity contribution >= 4 is 11.9 Å². The molecule has 5 heteroatoms. The molecule has 0 unspecified atom stereocenters. The largest absolute Gasteiger partial charge is 0.508 e. The first kappa shape index (κ1) is 26.0. The number of hydrogen-bond donors (Lipinski definition) is 3. The molecule has 0 aromatic heterocycles. The van der Waals surface area contributed by atoms with Crippen LogP contribution < -0.4 is 0 Å². The molecule has 0 fully saturated rings. The van der Waals surface area contributed by atoms with Crippen LogP contribution in [0.2, 0.25) is 0 Å². The van der Waals surface area contributed by atoms with E-state index in [4.69, 9.17) is 10.2 Å². The van der Waals surface area contributed by atoms with Crippen LogP contribution in [0, 0.1) is 10.8 Å². The van der Waals surface area contributed by atoms with Crippen molar-refractivity contribution in [1.82, 2.24) is 0 Å². The molecule has 0 saturated carbocycles. The SMILES string of the molecule is CC(C)(CCCCCCc1ccc(CCCCCC(C)(C)C(=O)O)c(O)c1)C(=O)O. The van der Waals surface area contributed by atoms with E-state index in [1.807, 2.05) is 12.1 Å². The van der Waals surface area contributed by atoms with Crippen LogP contribution in [0.1, 0.15) is 96.6 Å². The van der Waals surface area contributed by atoms with Gasteiger partial charge in [-0.3, -0.25) is 9.59 Å². The molecule has 0 bridgehead atoms. The summed E-state index contributed by atoms with van der Waals surface area (Å²) in [4.78, 5) is 22.2. The van der Waals surface area contributed by atoms with Crippen LogP contribution >= 0.6 is 0 Å². The van der Waals surface area contributed by atoms with Crippen molar-refractivity contribution < 1.29 is 24.9 Å². The fourth-order valence-electron chi connectivity index (χ4n) is 3.50. The number of carbonyl (C=O) groups is 2. The Morgan fingerprint density at radius 3 is 1.70 bits per heavy atom. The number of carboxylic acids is 2. The maximum absolute atomic E-state index is 11.1. The maximum atomic E-state index is 11.1. The van der Waals surface area contributed by atoms with Crippen molar-refractivity contribution in [1.29, 1.82) is 0 Å². The van der Waals surface area contributed by atoms with Crippen molar-refractivity contribution in [2.45, 2.75) is 98.3 Å². The molecule has 170 valence electrons. The highest BCUT2D eigenvalue weighted by molar-refractivity contribution is 5.73. The second kappa shape index (κ2) is 12.0. The molecule has 0 aliphatic carbocycles. The van der Waals surface area contributed by atoms with Crippen molar-refractivity contribution in [3.8, 4) is 5.75 Å². The van der Waals surface area contributed by atoms with Gasteiger partial charge in [0.2, 0.25) is 0 Å². The minimum Gasteiger partial charge on any atom is -0.508 e. The zero-order chi connectivity index (χ0) is 22.8. The van der Waals surface area contributed by atoms with E-state index in [0.29, 0.717) is 18.6 Å². The third-order valence-corrected chi connectivity index (χ3v) is 6.07. The summed E-state index contributed by atoms with van der Waals surface area (Å²) in [6.45, 7) is 7.07. The molecular weight excluding hydrogens is 380 g/mol. The second-order valence-electron chi connectivity index (χ2n) is 9.82. The van der Waals surface area contributed by atoms with Gasteiger partial charge in [0, 0.05) is 0 Å². The zero-order valence-corrected chi connectivity index (χ0v) is 19.2. The van der Waals surface area contributed by atoms with Gasteiger partial charge in [0.05, 0.1) is 10.8 Å². The predicted molar refractivity (Wildman–Crippen MR) is 120 cm³/mol. The Hall–Kier alpha value is -2.04. The Bertz CT molecular complexity index is 691. The number of benzene rings is 1. The van der Waals surface area contributed by atoms with Crippen LogP contribution in [0.4, 0.5) is 0 Å². The quantitative estimate of drug-likeness (QED) is 0.293. The Morgan fingerprint density at radius 1 is 0.733 bits per heavy atom. The molecule has 5 nitrogen and oxygen atoms in total. The van der Waals surface area contributed by atoms with E-state index in [1.165, 1.54) is 0 Å². The van der Waals surface area contributed by atoms with Gasteiger partial charge in [0.15, 0.2) is 0 Å². The van der Waals surface area contributed by atoms with Crippen LogP contribution in [0.5, 0.6) is 5.75 Å². The van der Waals surface area contributed by atoms with Crippen LogP contribution in [0.3, 0.4) is 0 Å². The van der Waals surface area contributed by atoms with E-state index in [0.717, 1.165) is 68.9 Å². The number of carboxylic acid groups (broad SMARTS) is 2. The van der Waals surface area contributed by atoms with Crippen LogP contribution in [0.25, 0.3) is 0 Å². The molecule has 0 atom stereocenters. The van der Waals surface area contributed by atoms with Crippen LogP contribution in [0.15, 0.2) is 18.2 Å². The summed E-state index contributed by atoms with van der Waals surface area (Å²) in [5.74, 6) is -1.14. The molecule has 3 N–H and O–H groups in total. The molecule has 1 aromatic rings. The van der Waals surface area contributed by atoms with Gasteiger partial charge in [-0.1, -0.05) is 44.2 Å². The monoisotopic (exact) mass is 420 g/mol. The standard InChI is InChI=1S/C25H40O5/c1-24(2,22(27)28)16-10-6-5-8-12-19-14-15-20(21(26)18-19)13-9-7-11-17-25(3,4)23(29)30/h14-15,18,26H,5-13,16-17H2,1-4H3,(H,27,28)(H,29,30). The van der Waals surface area contributed by atoms with Gasteiger partial charge >= 0.3 is 11.9 Å².